The van der Waals surface area contributed by atoms with Crippen molar-refractivity contribution in [3.63, 3.8) is 0 Å². The Morgan fingerprint density at radius 3 is 2.33 bits per heavy atom. The summed E-state index contributed by atoms with van der Waals surface area (Å²) in [4.78, 5) is 12.7. The van der Waals surface area contributed by atoms with Crippen LogP contribution in [0.15, 0.2) is 39.5 Å². The molecule has 0 saturated heterocycles. The van der Waals surface area contributed by atoms with Crippen LogP contribution in [-0.4, -0.2) is 0 Å². The van der Waals surface area contributed by atoms with E-state index in [-0.39, 0.29) is 27.9 Å². The van der Waals surface area contributed by atoms with E-state index >= 15 is 0 Å². The van der Waals surface area contributed by atoms with Crippen LogP contribution in [0.1, 0.15) is 29.7 Å². The average molecular weight is 329 g/mol. The maximum absolute atomic E-state index is 14.1. The summed E-state index contributed by atoms with van der Waals surface area (Å²) in [5.74, 6) is -1.67. The van der Waals surface area contributed by atoms with Gasteiger partial charge in [0.25, 0.3) is 0 Å². The molecule has 3 nitrogen and oxygen atoms in total. The first kappa shape index (κ1) is 16.3. The second-order valence-corrected chi connectivity index (χ2v) is 6.00. The van der Waals surface area contributed by atoms with Gasteiger partial charge in [-0.15, -0.1) is 0 Å². The molecule has 1 atom stereocenters. The normalized spacial score (nSPS) is 12.6. The summed E-state index contributed by atoms with van der Waals surface area (Å²) >= 11 is 0. The van der Waals surface area contributed by atoms with Crippen molar-refractivity contribution in [3.05, 3.63) is 68.9 Å². The van der Waals surface area contributed by atoms with Gasteiger partial charge >= 0.3 is 0 Å². The van der Waals surface area contributed by atoms with Crippen molar-refractivity contribution in [2.45, 2.75) is 26.8 Å². The van der Waals surface area contributed by atoms with Crippen molar-refractivity contribution >= 4 is 11.0 Å². The van der Waals surface area contributed by atoms with E-state index in [1.807, 2.05) is 13.0 Å². The first-order valence-corrected chi connectivity index (χ1v) is 7.59. The van der Waals surface area contributed by atoms with Gasteiger partial charge in [0.05, 0.1) is 10.9 Å². The predicted octanol–water partition coefficient (Wildman–Crippen LogP) is 4.37. The Morgan fingerprint density at radius 2 is 1.75 bits per heavy atom. The summed E-state index contributed by atoms with van der Waals surface area (Å²) in [7, 11) is 0. The summed E-state index contributed by atoms with van der Waals surface area (Å²) in [5.41, 5.74) is 7.23. The maximum Gasteiger partial charge on any atom is 0.196 e. The van der Waals surface area contributed by atoms with Crippen LogP contribution in [0.5, 0.6) is 0 Å². The highest BCUT2D eigenvalue weighted by Gasteiger charge is 2.21. The Hall–Kier alpha value is -2.53. The Balaban J connectivity index is 2.48. The van der Waals surface area contributed by atoms with E-state index in [2.05, 4.69) is 0 Å². The molecular weight excluding hydrogens is 312 g/mol. The van der Waals surface area contributed by atoms with Gasteiger partial charge in [0.15, 0.2) is 5.43 Å². The highest BCUT2D eigenvalue weighted by atomic mass is 19.1. The van der Waals surface area contributed by atoms with E-state index in [4.69, 9.17) is 10.2 Å². The number of benzene rings is 2. The van der Waals surface area contributed by atoms with E-state index in [1.165, 1.54) is 13.0 Å². The fourth-order valence-corrected chi connectivity index (χ4v) is 2.86. The van der Waals surface area contributed by atoms with E-state index in [0.29, 0.717) is 10.9 Å². The van der Waals surface area contributed by atoms with Crippen molar-refractivity contribution in [1.82, 2.24) is 0 Å². The zero-order valence-corrected chi connectivity index (χ0v) is 13.6. The van der Waals surface area contributed by atoms with Crippen molar-refractivity contribution < 1.29 is 13.2 Å². The highest BCUT2D eigenvalue weighted by molar-refractivity contribution is 5.84. The van der Waals surface area contributed by atoms with Gasteiger partial charge in [0, 0.05) is 17.2 Å². The molecule has 2 N–H and O–H groups in total. The zero-order chi connectivity index (χ0) is 17.6. The Labute approximate surface area is 137 Å². The van der Waals surface area contributed by atoms with Crippen LogP contribution in [0, 0.1) is 25.5 Å². The summed E-state index contributed by atoms with van der Waals surface area (Å²) in [5, 5.41) is 0.361. The third-order valence-corrected chi connectivity index (χ3v) is 4.07. The number of nitrogens with two attached hydrogens (primary N) is 1. The summed E-state index contributed by atoms with van der Waals surface area (Å²) < 4.78 is 34.1. The van der Waals surface area contributed by atoms with Gasteiger partial charge < -0.3 is 10.2 Å². The molecule has 0 saturated carbocycles. The van der Waals surface area contributed by atoms with Crippen LogP contribution in [-0.2, 0) is 0 Å². The molecule has 0 bridgehead atoms. The molecule has 124 valence electrons. The van der Waals surface area contributed by atoms with Crippen molar-refractivity contribution in [2.75, 3.05) is 0 Å². The van der Waals surface area contributed by atoms with Crippen LogP contribution in [0.25, 0.3) is 22.3 Å². The van der Waals surface area contributed by atoms with E-state index in [1.54, 1.807) is 13.0 Å². The Bertz CT molecular complexity index is 986. The third-order valence-electron chi connectivity index (χ3n) is 4.07. The van der Waals surface area contributed by atoms with Gasteiger partial charge in [-0.25, -0.2) is 8.78 Å². The van der Waals surface area contributed by atoms with Gasteiger partial charge in [0.2, 0.25) is 0 Å². The molecule has 0 aliphatic rings. The van der Waals surface area contributed by atoms with E-state index < -0.39 is 17.7 Å². The molecule has 2 aromatic carbocycles. The Morgan fingerprint density at radius 1 is 1.12 bits per heavy atom. The van der Waals surface area contributed by atoms with Crippen LogP contribution in [0.2, 0.25) is 0 Å². The van der Waals surface area contributed by atoms with Crippen molar-refractivity contribution in [3.8, 4) is 11.3 Å². The molecule has 3 aromatic rings. The monoisotopic (exact) mass is 329 g/mol. The first-order valence-electron chi connectivity index (χ1n) is 7.59. The fourth-order valence-electron chi connectivity index (χ4n) is 2.86. The molecule has 1 heterocycles. The molecule has 0 aliphatic carbocycles. The van der Waals surface area contributed by atoms with Gasteiger partial charge in [0.1, 0.15) is 23.0 Å². The molecule has 1 aromatic heterocycles. The molecular formula is C19H17F2NO2. The molecule has 0 amide bonds. The molecule has 0 spiro atoms. The number of aryl methyl sites for hydroxylation is 1. The SMILES string of the molecule is Cc1cc([C@@H](C)N)c2oc(-c3c(F)cccc3F)c(C)c(=O)c2c1. The van der Waals surface area contributed by atoms with Gasteiger partial charge in [-0.2, -0.15) is 0 Å². The topological polar surface area (TPSA) is 56.2 Å². The van der Waals surface area contributed by atoms with Crippen LogP contribution < -0.4 is 11.2 Å². The van der Waals surface area contributed by atoms with Gasteiger partial charge in [-0.3, -0.25) is 4.79 Å². The minimum atomic E-state index is -0.782. The Kier molecular flexibility index (Phi) is 3.97. The lowest BCUT2D eigenvalue weighted by molar-refractivity contribution is 0.557. The third kappa shape index (κ3) is 2.51. The largest absolute Gasteiger partial charge is 0.455 e. The zero-order valence-electron chi connectivity index (χ0n) is 13.6. The first-order chi connectivity index (χ1) is 11.3. The van der Waals surface area contributed by atoms with Gasteiger partial charge in [-0.05, 0) is 44.5 Å². The molecule has 0 fully saturated rings. The van der Waals surface area contributed by atoms with E-state index in [9.17, 15) is 13.6 Å². The van der Waals surface area contributed by atoms with Crippen LogP contribution in [0.3, 0.4) is 0 Å². The number of halogens is 2. The summed E-state index contributed by atoms with van der Waals surface area (Å²) in [6.45, 7) is 5.11. The fraction of sp³-hybridized carbons (Fsp3) is 0.211. The van der Waals surface area contributed by atoms with Crippen molar-refractivity contribution in [2.24, 2.45) is 5.73 Å². The molecule has 24 heavy (non-hydrogen) atoms. The smallest absolute Gasteiger partial charge is 0.196 e. The molecule has 0 unspecified atom stereocenters. The molecule has 0 radical (unpaired) electrons. The van der Waals surface area contributed by atoms with Crippen LogP contribution in [0.4, 0.5) is 8.78 Å². The summed E-state index contributed by atoms with van der Waals surface area (Å²) in [6.07, 6.45) is 0. The standard InChI is InChI=1S/C19H17F2NO2/c1-9-7-12(11(3)22)19-13(8-9)17(23)10(2)18(24-19)16-14(20)5-4-6-15(16)21/h4-8,11H,22H2,1-3H3/t11-/m1/s1. The number of hydrogen-bond donors (Lipinski definition) is 1. The number of rotatable bonds is 2. The summed E-state index contributed by atoms with van der Waals surface area (Å²) in [6, 6.07) is 6.64. The molecule has 5 heteroatoms. The second kappa shape index (κ2) is 5.83. The minimum Gasteiger partial charge on any atom is -0.455 e. The highest BCUT2D eigenvalue weighted by Crippen LogP contribution is 2.32. The van der Waals surface area contributed by atoms with Crippen molar-refractivity contribution in [1.29, 1.82) is 0 Å². The number of hydrogen-bond acceptors (Lipinski definition) is 3. The van der Waals surface area contributed by atoms with Crippen LogP contribution >= 0.6 is 0 Å². The maximum atomic E-state index is 14.1. The average Bonchev–Trinajstić information content (AvgIpc) is 2.51. The van der Waals surface area contributed by atoms with Gasteiger partial charge in [-0.1, -0.05) is 12.1 Å². The quantitative estimate of drug-likeness (QED) is 0.759. The lowest BCUT2D eigenvalue weighted by Gasteiger charge is -2.14. The minimum absolute atomic E-state index is 0.103. The van der Waals surface area contributed by atoms with E-state index in [0.717, 1.165) is 17.7 Å². The number of fused-ring (bicyclic) bond motifs is 1. The second-order valence-electron chi connectivity index (χ2n) is 6.00. The molecule has 0 aliphatic heterocycles. The lowest BCUT2D eigenvalue weighted by Crippen LogP contribution is -2.12. The lowest BCUT2D eigenvalue weighted by atomic mass is 9.99. The molecule has 3 rings (SSSR count). The predicted molar refractivity (Wildman–Crippen MR) is 89.9 cm³/mol.